The number of nitrogens with two attached hydrogens (primary N) is 2. The fraction of sp³-hybridized carbons (Fsp3) is 0.333. The molecule has 0 spiro atoms. The van der Waals surface area contributed by atoms with E-state index in [-0.39, 0.29) is 25.0 Å². The van der Waals surface area contributed by atoms with Crippen molar-refractivity contribution in [2.75, 3.05) is 39.8 Å². The molecule has 0 saturated heterocycles. The van der Waals surface area contributed by atoms with Crippen LogP contribution >= 0.6 is 23.2 Å². The van der Waals surface area contributed by atoms with E-state index in [1.807, 2.05) is 31.2 Å². The molecule has 0 radical (unpaired) electrons. The van der Waals surface area contributed by atoms with Crippen molar-refractivity contribution in [3.05, 3.63) is 81.2 Å². The van der Waals surface area contributed by atoms with Crippen molar-refractivity contribution in [2.45, 2.75) is 19.6 Å². The van der Waals surface area contributed by atoms with Crippen molar-refractivity contribution in [3.63, 3.8) is 0 Å². The topological polar surface area (TPSA) is 156 Å². The van der Waals surface area contributed by atoms with Crippen LogP contribution in [-0.2, 0) is 25.6 Å². The predicted octanol–water partition coefficient (Wildman–Crippen LogP) is 4.54. The molecule has 2 heterocycles. The lowest BCUT2D eigenvalue weighted by atomic mass is 10.1. The molecule has 0 aliphatic rings. The average molecular weight is 591 g/mol. The van der Waals surface area contributed by atoms with E-state index in [1.165, 1.54) is 0 Å². The first-order valence-corrected chi connectivity index (χ1v) is 13.4. The Balaban J connectivity index is 1.50. The number of ether oxygens (including phenoxy) is 5. The molecule has 0 aliphatic carbocycles. The van der Waals surface area contributed by atoms with E-state index in [0.717, 1.165) is 16.5 Å². The number of halogens is 2. The molecule has 0 saturated carbocycles. The Morgan fingerprint density at radius 2 is 1.68 bits per heavy atom. The van der Waals surface area contributed by atoms with Crippen molar-refractivity contribution >= 4 is 39.9 Å². The first-order chi connectivity index (χ1) is 19.5. The summed E-state index contributed by atoms with van der Waals surface area (Å²) in [6.07, 6.45) is 1.79. The molecule has 4 aromatic rings. The number of hydrogen-bond donors (Lipinski definition) is 4. The summed E-state index contributed by atoms with van der Waals surface area (Å²) in [5.74, 6) is 0.525. The van der Waals surface area contributed by atoms with E-state index in [9.17, 15) is 0 Å². The monoisotopic (exact) mass is 590 g/mol. The lowest BCUT2D eigenvalue weighted by Crippen LogP contribution is -2.23. The average Bonchev–Trinajstić information content (AvgIpc) is 3.60. The standard InChI is InChI=1S/C27H32Cl2N6O5/c1-2-36-9-10-37-11-12-38-16-40-27-25(33-35-34-27)23(30)24(31)26(39-15-17-3-5-18(28)6-4-17)21-14-32-22-8-7-19(29)13-20(21)22/h3-8,13-14,23,32H,2,9-12,15-16,30-31H2,1H3,(H,33,34,35). The molecule has 2 aromatic heterocycles. The van der Waals surface area contributed by atoms with E-state index in [0.29, 0.717) is 60.1 Å². The second-order valence-electron chi connectivity index (χ2n) is 8.56. The zero-order valence-corrected chi connectivity index (χ0v) is 23.5. The molecule has 1 atom stereocenters. The molecule has 0 fully saturated rings. The van der Waals surface area contributed by atoms with Crippen LogP contribution in [0.2, 0.25) is 10.0 Å². The third kappa shape index (κ3) is 7.87. The summed E-state index contributed by atoms with van der Waals surface area (Å²) < 4.78 is 28.0. The summed E-state index contributed by atoms with van der Waals surface area (Å²) in [6.45, 7) is 4.50. The third-order valence-corrected chi connectivity index (χ3v) is 6.33. The van der Waals surface area contributed by atoms with Crippen LogP contribution in [0.1, 0.15) is 29.8 Å². The minimum absolute atomic E-state index is 0.0778. The largest absolute Gasteiger partial charge is 0.486 e. The molecule has 1 unspecified atom stereocenters. The number of nitrogens with one attached hydrogen (secondary N) is 2. The normalized spacial score (nSPS) is 12.9. The van der Waals surface area contributed by atoms with Crippen molar-refractivity contribution < 1.29 is 23.7 Å². The van der Waals surface area contributed by atoms with Crippen molar-refractivity contribution in [2.24, 2.45) is 11.5 Å². The van der Waals surface area contributed by atoms with Crippen molar-refractivity contribution in [3.8, 4) is 5.88 Å². The molecule has 0 aliphatic heterocycles. The molecule has 11 nitrogen and oxygen atoms in total. The summed E-state index contributed by atoms with van der Waals surface area (Å²) in [7, 11) is 0. The number of nitrogens with zero attached hydrogens (tertiary/aromatic N) is 2. The Hall–Kier alpha value is -3.32. The van der Waals surface area contributed by atoms with Gasteiger partial charge in [0.05, 0.1) is 38.2 Å². The maximum atomic E-state index is 6.64. The van der Waals surface area contributed by atoms with Gasteiger partial charge in [-0.05, 0) is 42.8 Å². The van der Waals surface area contributed by atoms with Gasteiger partial charge in [-0.3, -0.25) is 0 Å². The van der Waals surface area contributed by atoms with Gasteiger partial charge >= 0.3 is 0 Å². The number of hydrogen-bond acceptors (Lipinski definition) is 9. The molecule has 0 amide bonds. The highest BCUT2D eigenvalue weighted by Crippen LogP contribution is 2.33. The van der Waals surface area contributed by atoms with Crippen LogP contribution in [0.4, 0.5) is 0 Å². The second kappa shape index (κ2) is 14.9. The molecule has 214 valence electrons. The van der Waals surface area contributed by atoms with E-state index in [2.05, 4.69) is 20.4 Å². The minimum Gasteiger partial charge on any atom is -0.486 e. The van der Waals surface area contributed by atoms with Gasteiger partial charge in [0.15, 0.2) is 6.79 Å². The SMILES string of the molecule is CCOCCOCCOCOc1n[nH]nc1C(N)C(N)=C(OCc1ccc(Cl)cc1)c1c[nH]c2ccc(Cl)cc12. The quantitative estimate of drug-likeness (QED) is 0.0835. The van der Waals surface area contributed by atoms with Gasteiger partial charge in [-0.1, -0.05) is 35.3 Å². The molecule has 6 N–H and O–H groups in total. The fourth-order valence-electron chi connectivity index (χ4n) is 3.80. The first-order valence-electron chi connectivity index (χ1n) is 12.6. The Morgan fingerprint density at radius 1 is 0.950 bits per heavy atom. The van der Waals surface area contributed by atoms with Gasteiger partial charge in [0.2, 0.25) is 0 Å². The van der Waals surface area contributed by atoms with Crippen molar-refractivity contribution in [1.82, 2.24) is 20.4 Å². The Bertz CT molecular complexity index is 1390. The van der Waals surface area contributed by atoms with Gasteiger partial charge in [0.25, 0.3) is 5.88 Å². The van der Waals surface area contributed by atoms with Gasteiger partial charge in [0.1, 0.15) is 18.1 Å². The number of rotatable bonds is 16. The molecule has 0 bridgehead atoms. The smallest absolute Gasteiger partial charge is 0.260 e. The Labute approximate surface area is 241 Å². The summed E-state index contributed by atoms with van der Waals surface area (Å²) in [5.41, 5.74) is 16.2. The lowest BCUT2D eigenvalue weighted by molar-refractivity contribution is -0.0276. The molecule has 2 aromatic carbocycles. The highest BCUT2D eigenvalue weighted by Gasteiger charge is 2.25. The second-order valence-corrected chi connectivity index (χ2v) is 9.44. The van der Waals surface area contributed by atoms with Crippen LogP contribution in [0.3, 0.4) is 0 Å². The molecule has 4 rings (SSSR count). The van der Waals surface area contributed by atoms with Crippen LogP contribution in [0.15, 0.2) is 54.4 Å². The van der Waals surface area contributed by atoms with Gasteiger partial charge in [-0.15, -0.1) is 5.10 Å². The summed E-state index contributed by atoms with van der Waals surface area (Å²) in [6, 6.07) is 11.9. The van der Waals surface area contributed by atoms with E-state index < -0.39 is 6.04 Å². The molecular weight excluding hydrogens is 559 g/mol. The molecular formula is C27H32Cl2N6O5. The minimum atomic E-state index is -0.917. The van der Waals surface area contributed by atoms with E-state index >= 15 is 0 Å². The Kier molecular flexibility index (Phi) is 11.0. The highest BCUT2D eigenvalue weighted by molar-refractivity contribution is 6.31. The highest BCUT2D eigenvalue weighted by atomic mass is 35.5. The molecule has 13 heteroatoms. The first kappa shape index (κ1) is 29.7. The van der Waals surface area contributed by atoms with Crippen LogP contribution in [0.5, 0.6) is 5.88 Å². The van der Waals surface area contributed by atoms with Gasteiger partial charge in [-0.2, -0.15) is 10.3 Å². The number of H-pyrrole nitrogens is 2. The van der Waals surface area contributed by atoms with E-state index in [1.54, 1.807) is 24.4 Å². The van der Waals surface area contributed by atoms with Crippen LogP contribution in [0.25, 0.3) is 16.7 Å². The maximum absolute atomic E-state index is 6.64. The number of benzene rings is 2. The van der Waals surface area contributed by atoms with Gasteiger partial charge in [0, 0.05) is 39.3 Å². The fourth-order valence-corrected chi connectivity index (χ4v) is 4.10. The zero-order chi connectivity index (χ0) is 28.3. The number of aromatic nitrogens is 4. The van der Waals surface area contributed by atoms with Gasteiger partial charge in [-0.25, -0.2) is 0 Å². The predicted molar refractivity (Wildman–Crippen MR) is 153 cm³/mol. The van der Waals surface area contributed by atoms with Gasteiger partial charge < -0.3 is 40.1 Å². The summed E-state index contributed by atoms with van der Waals surface area (Å²) in [5, 5.41) is 12.8. The number of fused-ring (bicyclic) bond motifs is 1. The molecule has 40 heavy (non-hydrogen) atoms. The van der Waals surface area contributed by atoms with Crippen LogP contribution in [-0.4, -0.2) is 60.2 Å². The lowest BCUT2D eigenvalue weighted by Gasteiger charge is -2.18. The summed E-state index contributed by atoms with van der Waals surface area (Å²) >= 11 is 12.3. The van der Waals surface area contributed by atoms with Crippen LogP contribution < -0.4 is 16.2 Å². The third-order valence-electron chi connectivity index (χ3n) is 5.84. The number of aromatic amines is 2. The summed E-state index contributed by atoms with van der Waals surface area (Å²) in [4.78, 5) is 3.22. The maximum Gasteiger partial charge on any atom is 0.260 e. The van der Waals surface area contributed by atoms with Crippen molar-refractivity contribution in [1.29, 1.82) is 0 Å². The van der Waals surface area contributed by atoms with Crippen LogP contribution in [0, 0.1) is 0 Å². The zero-order valence-electron chi connectivity index (χ0n) is 22.0. The Morgan fingerprint density at radius 3 is 2.45 bits per heavy atom. The van der Waals surface area contributed by atoms with E-state index in [4.69, 9.17) is 58.4 Å².